The van der Waals surface area contributed by atoms with Gasteiger partial charge in [-0.3, -0.25) is 0 Å². The van der Waals surface area contributed by atoms with Crippen LogP contribution in [0.3, 0.4) is 0 Å². The summed E-state index contributed by atoms with van der Waals surface area (Å²) < 4.78 is 13.6. The normalized spacial score (nSPS) is 21.7. The molecule has 1 nitrogen and oxygen atoms in total. The molecule has 3 heteroatoms. The van der Waals surface area contributed by atoms with Gasteiger partial charge in [0.2, 0.25) is 0 Å². The number of hydrogen-bond acceptors (Lipinski definition) is 1. The molecule has 0 aromatic heterocycles. The van der Waals surface area contributed by atoms with Gasteiger partial charge in [0, 0.05) is 6.04 Å². The maximum atomic E-state index is 13.6. The van der Waals surface area contributed by atoms with Crippen LogP contribution in [0.4, 0.5) is 4.39 Å². The van der Waals surface area contributed by atoms with Crippen LogP contribution in [0.25, 0.3) is 0 Å². The molecule has 2 aromatic rings. The quantitative estimate of drug-likeness (QED) is 0.801. The van der Waals surface area contributed by atoms with Gasteiger partial charge in [-0.25, -0.2) is 4.39 Å². The molecule has 0 saturated heterocycles. The van der Waals surface area contributed by atoms with Gasteiger partial charge in [0.05, 0.1) is 5.02 Å². The van der Waals surface area contributed by atoms with Gasteiger partial charge < -0.3 is 5.73 Å². The topological polar surface area (TPSA) is 26.0 Å². The maximum Gasteiger partial charge on any atom is 0.142 e. The number of fused-ring (bicyclic) bond motifs is 1. The number of hydrogen-bond donors (Lipinski definition) is 1. The summed E-state index contributed by atoms with van der Waals surface area (Å²) in [4.78, 5) is 0. The summed E-state index contributed by atoms with van der Waals surface area (Å²) in [6, 6.07) is 13.4. The second kappa shape index (κ2) is 6.17. The minimum atomic E-state index is -0.350. The Morgan fingerprint density at radius 1 is 1.14 bits per heavy atom. The fraction of sp³-hybridized carbons (Fsp3) is 0.333. The standard InChI is InChI=1S/C18H19ClFN/c19-17-13(7-4-10-16(17)20)11-14-8-3-6-12-5-1-2-9-15(12)18(14)21/h1-2,4-5,7,9-10,14,18H,3,6,8,11,21H2. The number of rotatable bonds is 2. The molecule has 21 heavy (non-hydrogen) atoms. The molecule has 0 amide bonds. The van der Waals surface area contributed by atoms with Gasteiger partial charge in [-0.2, -0.15) is 0 Å². The molecule has 0 aliphatic heterocycles. The van der Waals surface area contributed by atoms with Crippen molar-refractivity contribution >= 4 is 11.6 Å². The van der Waals surface area contributed by atoms with E-state index in [1.807, 2.05) is 12.1 Å². The molecule has 2 aromatic carbocycles. The van der Waals surface area contributed by atoms with E-state index in [-0.39, 0.29) is 16.9 Å². The van der Waals surface area contributed by atoms with E-state index in [9.17, 15) is 4.39 Å². The Kier molecular flexibility index (Phi) is 4.27. The predicted molar refractivity (Wildman–Crippen MR) is 84.9 cm³/mol. The zero-order valence-corrected chi connectivity index (χ0v) is 12.6. The van der Waals surface area contributed by atoms with Gasteiger partial charge in [-0.1, -0.05) is 48.0 Å². The van der Waals surface area contributed by atoms with E-state index in [0.717, 1.165) is 31.2 Å². The van der Waals surface area contributed by atoms with Crippen LogP contribution >= 0.6 is 11.6 Å². The number of halogens is 2. The second-order valence-corrected chi connectivity index (χ2v) is 6.17. The van der Waals surface area contributed by atoms with Crippen molar-refractivity contribution in [2.75, 3.05) is 0 Å². The summed E-state index contributed by atoms with van der Waals surface area (Å²) in [7, 11) is 0. The summed E-state index contributed by atoms with van der Waals surface area (Å²) in [5.74, 6) is -0.0512. The van der Waals surface area contributed by atoms with E-state index < -0.39 is 0 Å². The van der Waals surface area contributed by atoms with Crippen LogP contribution in [0.2, 0.25) is 5.02 Å². The molecule has 0 fully saturated rings. The zero-order chi connectivity index (χ0) is 14.8. The highest BCUT2D eigenvalue weighted by molar-refractivity contribution is 6.31. The highest BCUT2D eigenvalue weighted by Crippen LogP contribution is 2.35. The van der Waals surface area contributed by atoms with Crippen molar-refractivity contribution in [3.05, 3.63) is 70.0 Å². The first-order valence-corrected chi connectivity index (χ1v) is 7.81. The van der Waals surface area contributed by atoms with Crippen LogP contribution in [0, 0.1) is 11.7 Å². The fourth-order valence-electron chi connectivity index (χ4n) is 3.29. The number of nitrogens with two attached hydrogens (primary N) is 1. The van der Waals surface area contributed by atoms with Crippen LogP contribution < -0.4 is 5.73 Å². The molecule has 110 valence electrons. The van der Waals surface area contributed by atoms with Crippen molar-refractivity contribution < 1.29 is 4.39 Å². The highest BCUT2D eigenvalue weighted by atomic mass is 35.5. The molecular formula is C18H19ClFN. The SMILES string of the molecule is NC1c2ccccc2CCCC1Cc1cccc(F)c1Cl. The summed E-state index contributed by atoms with van der Waals surface area (Å²) in [6.45, 7) is 0. The van der Waals surface area contributed by atoms with Crippen LogP contribution in [-0.4, -0.2) is 0 Å². The predicted octanol–water partition coefficient (Wildman–Crippen LogP) is 4.67. The third kappa shape index (κ3) is 2.97. The van der Waals surface area contributed by atoms with Crippen LogP contribution in [0.1, 0.15) is 35.6 Å². The Labute approximate surface area is 129 Å². The first-order valence-electron chi connectivity index (χ1n) is 7.43. The Morgan fingerprint density at radius 2 is 1.95 bits per heavy atom. The van der Waals surface area contributed by atoms with Crippen molar-refractivity contribution in [3.8, 4) is 0 Å². The van der Waals surface area contributed by atoms with Gasteiger partial charge >= 0.3 is 0 Å². The second-order valence-electron chi connectivity index (χ2n) is 5.79. The smallest absolute Gasteiger partial charge is 0.142 e. The van der Waals surface area contributed by atoms with Gasteiger partial charge in [-0.05, 0) is 54.4 Å². The van der Waals surface area contributed by atoms with Crippen molar-refractivity contribution in [3.63, 3.8) is 0 Å². The number of aryl methyl sites for hydroxylation is 1. The van der Waals surface area contributed by atoms with Gasteiger partial charge in [-0.15, -0.1) is 0 Å². The van der Waals surface area contributed by atoms with Crippen molar-refractivity contribution in [2.45, 2.75) is 31.7 Å². The summed E-state index contributed by atoms with van der Waals surface area (Å²) in [5.41, 5.74) is 9.92. The van der Waals surface area contributed by atoms with E-state index in [1.165, 1.54) is 17.2 Å². The lowest BCUT2D eigenvalue weighted by molar-refractivity contribution is 0.401. The van der Waals surface area contributed by atoms with E-state index >= 15 is 0 Å². The lowest BCUT2D eigenvalue weighted by atomic mass is 9.86. The minimum Gasteiger partial charge on any atom is -0.324 e. The molecule has 2 N–H and O–H groups in total. The minimum absolute atomic E-state index is 0.0111. The van der Waals surface area contributed by atoms with Crippen LogP contribution in [0.5, 0.6) is 0 Å². The molecular weight excluding hydrogens is 285 g/mol. The molecule has 2 atom stereocenters. The summed E-state index contributed by atoms with van der Waals surface area (Å²) >= 11 is 6.09. The van der Waals surface area contributed by atoms with E-state index in [4.69, 9.17) is 17.3 Å². The van der Waals surface area contributed by atoms with Crippen LogP contribution in [0.15, 0.2) is 42.5 Å². The number of benzene rings is 2. The zero-order valence-electron chi connectivity index (χ0n) is 11.9. The van der Waals surface area contributed by atoms with E-state index in [2.05, 4.69) is 18.2 Å². The molecule has 1 aliphatic rings. The van der Waals surface area contributed by atoms with Crippen molar-refractivity contribution in [1.29, 1.82) is 0 Å². The summed E-state index contributed by atoms with van der Waals surface area (Å²) in [5, 5.41) is 0.238. The molecule has 3 rings (SSSR count). The lowest BCUT2D eigenvalue weighted by Crippen LogP contribution is -2.23. The maximum absolute atomic E-state index is 13.6. The Morgan fingerprint density at radius 3 is 2.81 bits per heavy atom. The first kappa shape index (κ1) is 14.6. The molecule has 1 aliphatic carbocycles. The Balaban J connectivity index is 1.88. The van der Waals surface area contributed by atoms with Crippen LogP contribution in [-0.2, 0) is 12.8 Å². The van der Waals surface area contributed by atoms with E-state index in [0.29, 0.717) is 5.92 Å². The third-order valence-electron chi connectivity index (χ3n) is 4.46. The largest absolute Gasteiger partial charge is 0.324 e. The molecule has 2 unspecified atom stereocenters. The lowest BCUT2D eigenvalue weighted by Gasteiger charge is -2.23. The molecule has 0 heterocycles. The average molecular weight is 304 g/mol. The van der Waals surface area contributed by atoms with Gasteiger partial charge in [0.15, 0.2) is 0 Å². The highest BCUT2D eigenvalue weighted by Gasteiger charge is 2.25. The summed E-state index contributed by atoms with van der Waals surface area (Å²) in [6.07, 6.45) is 3.95. The average Bonchev–Trinajstić information content (AvgIpc) is 2.65. The van der Waals surface area contributed by atoms with Gasteiger partial charge in [0.1, 0.15) is 5.82 Å². The first-order chi connectivity index (χ1) is 10.2. The fourth-order valence-corrected chi connectivity index (χ4v) is 3.50. The van der Waals surface area contributed by atoms with Gasteiger partial charge in [0.25, 0.3) is 0 Å². The Bertz CT molecular complexity index is 641. The molecule has 0 saturated carbocycles. The molecule has 0 spiro atoms. The van der Waals surface area contributed by atoms with E-state index in [1.54, 1.807) is 6.07 Å². The molecule has 0 radical (unpaired) electrons. The van der Waals surface area contributed by atoms with Crippen molar-refractivity contribution in [2.24, 2.45) is 11.7 Å². The third-order valence-corrected chi connectivity index (χ3v) is 4.88. The van der Waals surface area contributed by atoms with Crippen molar-refractivity contribution in [1.82, 2.24) is 0 Å². The Hall–Kier alpha value is -1.38. The molecule has 0 bridgehead atoms. The monoisotopic (exact) mass is 303 g/mol.